The first-order valence-corrected chi connectivity index (χ1v) is 7.42. The van der Waals surface area contributed by atoms with Crippen LogP contribution in [0.3, 0.4) is 0 Å². The summed E-state index contributed by atoms with van der Waals surface area (Å²) < 4.78 is 16.1. The van der Waals surface area contributed by atoms with Gasteiger partial charge in [0.25, 0.3) is 6.71 Å². The Balaban J connectivity index is 1.80. The first-order valence-electron chi connectivity index (χ1n) is 7.42. The molecule has 0 radical (unpaired) electrons. The molecule has 2 N–H and O–H groups in total. The second-order valence-corrected chi connectivity index (χ2v) is 4.87. The quantitative estimate of drug-likeness (QED) is 0.420. The van der Waals surface area contributed by atoms with Gasteiger partial charge in [0.2, 0.25) is 0 Å². The molecule has 0 atom stereocenters. The predicted molar refractivity (Wildman–Crippen MR) is 78.9 cm³/mol. The monoisotopic (exact) mass is 283 g/mol. The van der Waals surface area contributed by atoms with Crippen LogP contribution in [-0.2, 0) is 14.2 Å². The molecule has 0 bridgehead atoms. The third-order valence-corrected chi connectivity index (χ3v) is 3.33. The topological polar surface area (TPSA) is 80.7 Å². The molecule has 1 aliphatic rings. The number of nitrogens with zero attached hydrogens (tertiary/aromatic N) is 2. The molecule has 1 fully saturated rings. The zero-order valence-electron chi connectivity index (χ0n) is 12.3. The van der Waals surface area contributed by atoms with E-state index in [0.29, 0.717) is 39.6 Å². The van der Waals surface area contributed by atoms with Gasteiger partial charge in [-0.1, -0.05) is 0 Å². The van der Waals surface area contributed by atoms with Gasteiger partial charge in [0.1, 0.15) is 0 Å². The Bertz CT molecular complexity index is 268. The summed E-state index contributed by atoms with van der Waals surface area (Å²) in [5.74, 6) is 2.34. The maximum absolute atomic E-state index is 8.82. The van der Waals surface area contributed by atoms with Crippen LogP contribution < -0.4 is 5.73 Å². The van der Waals surface area contributed by atoms with Gasteiger partial charge in [-0.2, -0.15) is 0 Å². The lowest BCUT2D eigenvalue weighted by molar-refractivity contribution is 0.0121. The maximum atomic E-state index is 8.82. The third kappa shape index (κ3) is 8.51. The van der Waals surface area contributed by atoms with Crippen LogP contribution in [0.1, 0.15) is 0 Å². The van der Waals surface area contributed by atoms with Crippen LogP contribution in [0.5, 0.6) is 0 Å². The first kappa shape index (κ1) is 17.4. The third-order valence-electron chi connectivity index (χ3n) is 3.33. The van der Waals surface area contributed by atoms with Crippen LogP contribution in [0.15, 0.2) is 0 Å². The molecular weight excluding hydrogens is 257 g/mol. The molecule has 0 saturated carbocycles. The van der Waals surface area contributed by atoms with Crippen LogP contribution in [0, 0.1) is 11.2 Å². The number of nitriles is 1. The molecule has 0 aromatic rings. The number of rotatable bonds is 11. The molecule has 0 aliphatic carbocycles. The largest absolute Gasteiger partial charge is 0.378 e. The molecule has 0 aromatic carbocycles. The van der Waals surface area contributed by atoms with Gasteiger partial charge in [0.15, 0.2) is 0 Å². The van der Waals surface area contributed by atoms with Gasteiger partial charge < -0.3 is 24.8 Å². The molecular formula is C13H26BN3O3. The Hall–Kier alpha value is -0.645. The van der Waals surface area contributed by atoms with Gasteiger partial charge in [0.05, 0.1) is 39.6 Å². The fourth-order valence-corrected chi connectivity index (χ4v) is 2.10. The summed E-state index contributed by atoms with van der Waals surface area (Å²) in [4.78, 5) is 2.36. The van der Waals surface area contributed by atoms with Gasteiger partial charge in [-0.3, -0.25) is 0 Å². The Morgan fingerprint density at radius 1 is 0.950 bits per heavy atom. The van der Waals surface area contributed by atoms with Crippen molar-refractivity contribution in [3.05, 3.63) is 0 Å². The fraction of sp³-hybridized carbons (Fsp3) is 0.923. The molecule has 0 unspecified atom stereocenters. The Labute approximate surface area is 122 Å². The van der Waals surface area contributed by atoms with E-state index in [2.05, 4.69) is 10.9 Å². The van der Waals surface area contributed by atoms with Crippen molar-refractivity contribution >= 4 is 6.71 Å². The highest BCUT2D eigenvalue weighted by molar-refractivity contribution is 6.67. The van der Waals surface area contributed by atoms with E-state index in [1.54, 1.807) is 0 Å². The SMILES string of the molecule is N#CB1CCN(CCOCCOCCOCCN)CC1. The van der Waals surface area contributed by atoms with Gasteiger partial charge >= 0.3 is 0 Å². The average molecular weight is 283 g/mol. The molecule has 1 aliphatic heterocycles. The fourth-order valence-electron chi connectivity index (χ4n) is 2.10. The molecule has 7 heteroatoms. The van der Waals surface area contributed by atoms with E-state index in [1.807, 2.05) is 0 Å². The maximum Gasteiger partial charge on any atom is 0.270 e. The minimum atomic E-state index is 0.252. The zero-order valence-corrected chi connectivity index (χ0v) is 12.3. The van der Waals surface area contributed by atoms with E-state index in [4.69, 9.17) is 25.2 Å². The van der Waals surface area contributed by atoms with Crippen molar-refractivity contribution in [1.29, 1.82) is 5.26 Å². The summed E-state index contributed by atoms with van der Waals surface area (Å²) in [6.07, 6.45) is 1.98. The highest BCUT2D eigenvalue weighted by Crippen LogP contribution is 2.09. The molecule has 1 heterocycles. The second kappa shape index (κ2) is 12.1. The van der Waals surface area contributed by atoms with E-state index >= 15 is 0 Å². The highest BCUT2D eigenvalue weighted by Gasteiger charge is 2.21. The predicted octanol–water partition coefficient (Wildman–Crippen LogP) is -0.132. The summed E-state index contributed by atoms with van der Waals surface area (Å²) in [5.41, 5.74) is 5.30. The van der Waals surface area contributed by atoms with Crippen molar-refractivity contribution in [2.45, 2.75) is 12.6 Å². The van der Waals surface area contributed by atoms with Crippen LogP contribution in [0.25, 0.3) is 0 Å². The van der Waals surface area contributed by atoms with Gasteiger partial charge in [0, 0.05) is 19.1 Å². The summed E-state index contributed by atoms with van der Waals surface area (Å²) in [5, 5.41) is 8.82. The zero-order chi connectivity index (χ0) is 14.5. The number of ether oxygens (including phenoxy) is 3. The van der Waals surface area contributed by atoms with E-state index in [-0.39, 0.29) is 6.71 Å². The summed E-state index contributed by atoms with van der Waals surface area (Å²) in [6.45, 7) is 7.47. The first-order chi connectivity index (χ1) is 9.86. The Kier molecular flexibility index (Phi) is 10.6. The van der Waals surface area contributed by atoms with Crippen molar-refractivity contribution in [2.75, 3.05) is 65.8 Å². The Morgan fingerprint density at radius 2 is 1.50 bits per heavy atom. The van der Waals surface area contributed by atoms with Gasteiger partial charge in [-0.15, -0.1) is 0 Å². The molecule has 0 amide bonds. The van der Waals surface area contributed by atoms with E-state index in [9.17, 15) is 0 Å². The summed E-state index contributed by atoms with van der Waals surface area (Å²) in [6, 6.07) is 0. The summed E-state index contributed by atoms with van der Waals surface area (Å²) >= 11 is 0. The molecule has 1 saturated heterocycles. The van der Waals surface area contributed by atoms with Crippen LogP contribution >= 0.6 is 0 Å². The second-order valence-electron chi connectivity index (χ2n) is 4.87. The standard InChI is InChI=1S/C13H26BN3O3/c15-3-7-18-9-11-20-12-10-19-8-6-17-4-1-14(13-16)2-5-17/h1-12,15H2. The molecule has 114 valence electrons. The summed E-state index contributed by atoms with van der Waals surface area (Å²) in [7, 11) is 0. The molecule has 1 rings (SSSR count). The highest BCUT2D eigenvalue weighted by atomic mass is 16.5. The lowest BCUT2D eigenvalue weighted by Crippen LogP contribution is -2.38. The molecule has 0 spiro atoms. The molecule has 20 heavy (non-hydrogen) atoms. The minimum absolute atomic E-state index is 0.252. The van der Waals surface area contributed by atoms with Crippen molar-refractivity contribution < 1.29 is 14.2 Å². The van der Waals surface area contributed by atoms with Crippen LogP contribution in [0.4, 0.5) is 0 Å². The molecule has 6 nitrogen and oxygen atoms in total. The van der Waals surface area contributed by atoms with Crippen molar-refractivity contribution in [3.8, 4) is 5.97 Å². The lowest BCUT2D eigenvalue weighted by atomic mass is 9.45. The average Bonchev–Trinajstić information content (AvgIpc) is 2.50. The van der Waals surface area contributed by atoms with E-state index < -0.39 is 0 Å². The molecule has 0 aromatic heterocycles. The van der Waals surface area contributed by atoms with Crippen molar-refractivity contribution in [2.24, 2.45) is 5.73 Å². The number of nitrogens with two attached hydrogens (primary N) is 1. The van der Waals surface area contributed by atoms with Crippen molar-refractivity contribution in [1.82, 2.24) is 4.90 Å². The Morgan fingerprint density at radius 3 is 2.05 bits per heavy atom. The minimum Gasteiger partial charge on any atom is -0.378 e. The van der Waals surface area contributed by atoms with Gasteiger partial charge in [-0.05, 0) is 25.7 Å². The van der Waals surface area contributed by atoms with Crippen LogP contribution in [0.2, 0.25) is 12.6 Å². The van der Waals surface area contributed by atoms with E-state index in [1.165, 1.54) is 0 Å². The number of hydrogen-bond acceptors (Lipinski definition) is 6. The number of hydrogen-bond donors (Lipinski definition) is 1. The van der Waals surface area contributed by atoms with Crippen LogP contribution in [-0.4, -0.2) is 77.4 Å². The van der Waals surface area contributed by atoms with Gasteiger partial charge in [-0.25, -0.2) is 5.26 Å². The lowest BCUT2D eigenvalue weighted by Gasteiger charge is -2.27. The normalized spacial score (nSPS) is 16.3. The van der Waals surface area contributed by atoms with Crippen molar-refractivity contribution in [3.63, 3.8) is 0 Å². The van der Waals surface area contributed by atoms with E-state index in [0.717, 1.165) is 38.9 Å². The smallest absolute Gasteiger partial charge is 0.270 e.